The summed E-state index contributed by atoms with van der Waals surface area (Å²) in [7, 11) is 2.23. The van der Waals surface area contributed by atoms with Crippen LogP contribution >= 0.6 is 0 Å². The summed E-state index contributed by atoms with van der Waals surface area (Å²) in [4.78, 5) is 5.05. The Morgan fingerprint density at radius 2 is 1.80 bits per heavy atom. The maximum absolute atomic E-state index is 4.64. The Morgan fingerprint density at radius 3 is 2.52 bits per heavy atom. The standard InChI is InChI=1S/C20H27N5/c1-23-11-12-24(18(13-23)15-5-3-2-4-6-15)14-19-21-22-20(16-7-8-16)25(19)17-9-10-17/h2-6,16-18H,7-14H2,1H3. The molecule has 0 amide bonds. The maximum Gasteiger partial charge on any atom is 0.147 e. The van der Waals surface area contributed by atoms with Gasteiger partial charge in [-0.2, -0.15) is 0 Å². The number of benzene rings is 1. The van der Waals surface area contributed by atoms with E-state index in [4.69, 9.17) is 0 Å². The largest absolute Gasteiger partial charge is 0.311 e. The molecule has 2 aliphatic carbocycles. The van der Waals surface area contributed by atoms with Gasteiger partial charge in [0.05, 0.1) is 6.54 Å². The zero-order valence-electron chi connectivity index (χ0n) is 15.0. The minimum Gasteiger partial charge on any atom is -0.311 e. The van der Waals surface area contributed by atoms with Crippen LogP contribution in [0.15, 0.2) is 30.3 Å². The van der Waals surface area contributed by atoms with E-state index in [0.717, 1.165) is 26.2 Å². The second-order valence-corrected chi connectivity index (χ2v) is 8.01. The van der Waals surface area contributed by atoms with Crippen LogP contribution < -0.4 is 0 Å². The van der Waals surface area contributed by atoms with Crippen LogP contribution in [0, 0.1) is 0 Å². The average molecular weight is 337 g/mol. The Morgan fingerprint density at radius 1 is 1.00 bits per heavy atom. The molecule has 5 heteroatoms. The third-order valence-electron chi connectivity index (χ3n) is 5.87. The molecule has 1 aromatic carbocycles. The molecule has 0 spiro atoms. The van der Waals surface area contributed by atoms with Crippen molar-refractivity contribution < 1.29 is 0 Å². The smallest absolute Gasteiger partial charge is 0.147 e. The predicted molar refractivity (Wildman–Crippen MR) is 97.4 cm³/mol. The SMILES string of the molecule is CN1CCN(Cc2nnc(C3CC3)n2C2CC2)C(c2ccccc2)C1. The second-order valence-electron chi connectivity index (χ2n) is 8.01. The fourth-order valence-corrected chi connectivity index (χ4v) is 4.12. The average Bonchev–Trinajstić information content (AvgIpc) is 3.56. The first-order chi connectivity index (χ1) is 12.3. The molecule has 1 aromatic heterocycles. The zero-order valence-corrected chi connectivity index (χ0v) is 15.0. The van der Waals surface area contributed by atoms with Gasteiger partial charge in [0, 0.05) is 37.6 Å². The fraction of sp³-hybridized carbons (Fsp3) is 0.600. The van der Waals surface area contributed by atoms with Crippen molar-refractivity contribution in [3.05, 3.63) is 47.5 Å². The molecule has 5 nitrogen and oxygen atoms in total. The van der Waals surface area contributed by atoms with Gasteiger partial charge in [-0.25, -0.2) is 0 Å². The van der Waals surface area contributed by atoms with Crippen LogP contribution in [-0.2, 0) is 6.54 Å². The minimum absolute atomic E-state index is 0.439. The van der Waals surface area contributed by atoms with Crippen molar-refractivity contribution in [2.45, 2.75) is 50.2 Å². The van der Waals surface area contributed by atoms with Crippen molar-refractivity contribution in [3.8, 4) is 0 Å². The molecule has 3 fully saturated rings. The van der Waals surface area contributed by atoms with Crippen LogP contribution in [-0.4, -0.2) is 51.2 Å². The molecule has 2 aromatic rings. The Hall–Kier alpha value is -1.72. The molecular weight excluding hydrogens is 310 g/mol. The van der Waals surface area contributed by atoms with Gasteiger partial charge in [0.2, 0.25) is 0 Å². The fourth-order valence-electron chi connectivity index (χ4n) is 4.12. The highest BCUT2D eigenvalue weighted by Crippen LogP contribution is 2.45. The summed E-state index contributed by atoms with van der Waals surface area (Å²) >= 11 is 0. The lowest BCUT2D eigenvalue weighted by Crippen LogP contribution is -2.46. The highest BCUT2D eigenvalue weighted by atomic mass is 15.3. The van der Waals surface area contributed by atoms with E-state index in [1.165, 1.54) is 42.9 Å². The first kappa shape index (κ1) is 15.5. The summed E-state index contributed by atoms with van der Waals surface area (Å²) in [6, 6.07) is 12.0. The van der Waals surface area contributed by atoms with Gasteiger partial charge in [-0.15, -0.1) is 10.2 Å². The van der Waals surface area contributed by atoms with E-state index in [9.17, 15) is 0 Å². The Bertz CT molecular complexity index is 732. The molecular formula is C20H27N5. The quantitative estimate of drug-likeness (QED) is 0.840. The molecule has 1 atom stereocenters. The lowest BCUT2D eigenvalue weighted by molar-refractivity contribution is 0.0799. The normalized spacial score (nSPS) is 25.4. The summed E-state index contributed by atoms with van der Waals surface area (Å²) in [6.45, 7) is 4.21. The van der Waals surface area contributed by atoms with Crippen molar-refractivity contribution in [2.75, 3.05) is 26.7 Å². The molecule has 2 saturated carbocycles. The van der Waals surface area contributed by atoms with Gasteiger partial charge < -0.3 is 9.47 Å². The summed E-state index contributed by atoms with van der Waals surface area (Å²) in [5.41, 5.74) is 1.41. The molecule has 0 radical (unpaired) electrons. The van der Waals surface area contributed by atoms with Gasteiger partial charge in [-0.1, -0.05) is 30.3 Å². The minimum atomic E-state index is 0.439. The number of nitrogens with zero attached hydrogens (tertiary/aromatic N) is 5. The number of piperazine rings is 1. The third-order valence-corrected chi connectivity index (χ3v) is 5.87. The van der Waals surface area contributed by atoms with Crippen LogP contribution in [0.25, 0.3) is 0 Å². The molecule has 0 bridgehead atoms. The highest BCUT2D eigenvalue weighted by molar-refractivity contribution is 5.20. The molecule has 0 N–H and O–H groups in total. The lowest BCUT2D eigenvalue weighted by Gasteiger charge is -2.40. The molecule has 25 heavy (non-hydrogen) atoms. The van der Waals surface area contributed by atoms with Crippen molar-refractivity contribution >= 4 is 0 Å². The Kier molecular flexibility index (Phi) is 3.86. The van der Waals surface area contributed by atoms with Crippen LogP contribution in [0.1, 0.15) is 60.9 Å². The lowest BCUT2D eigenvalue weighted by atomic mass is 10.0. The maximum atomic E-state index is 4.64. The van der Waals surface area contributed by atoms with Gasteiger partial charge >= 0.3 is 0 Å². The monoisotopic (exact) mass is 337 g/mol. The molecule has 2 heterocycles. The Labute approximate surface area is 149 Å². The van der Waals surface area contributed by atoms with E-state index in [0.29, 0.717) is 18.0 Å². The van der Waals surface area contributed by atoms with Crippen molar-refractivity contribution in [1.82, 2.24) is 24.6 Å². The summed E-state index contributed by atoms with van der Waals surface area (Å²) in [5, 5.41) is 9.23. The second kappa shape index (κ2) is 6.22. The van der Waals surface area contributed by atoms with Gasteiger partial charge in [0.1, 0.15) is 11.6 Å². The molecule has 132 valence electrons. The number of rotatable bonds is 5. The summed E-state index contributed by atoms with van der Waals surface area (Å²) in [6.07, 6.45) is 5.20. The topological polar surface area (TPSA) is 37.2 Å². The van der Waals surface area contributed by atoms with Gasteiger partial charge in [-0.05, 0) is 38.3 Å². The zero-order chi connectivity index (χ0) is 16.8. The van der Waals surface area contributed by atoms with E-state index in [2.05, 4.69) is 61.9 Å². The first-order valence-corrected chi connectivity index (χ1v) is 9.71. The highest BCUT2D eigenvalue weighted by Gasteiger charge is 2.37. The number of aromatic nitrogens is 3. The van der Waals surface area contributed by atoms with Crippen LogP contribution in [0.2, 0.25) is 0 Å². The van der Waals surface area contributed by atoms with Gasteiger partial charge in [-0.3, -0.25) is 4.90 Å². The van der Waals surface area contributed by atoms with E-state index < -0.39 is 0 Å². The number of hydrogen-bond acceptors (Lipinski definition) is 4. The van der Waals surface area contributed by atoms with E-state index >= 15 is 0 Å². The number of likely N-dealkylation sites (N-methyl/N-ethyl adjacent to an activating group) is 1. The molecule has 3 aliphatic rings. The summed E-state index contributed by atoms with van der Waals surface area (Å²) < 4.78 is 2.50. The van der Waals surface area contributed by atoms with Crippen molar-refractivity contribution in [1.29, 1.82) is 0 Å². The third kappa shape index (κ3) is 3.11. The first-order valence-electron chi connectivity index (χ1n) is 9.71. The molecule has 1 saturated heterocycles. The van der Waals surface area contributed by atoms with Crippen molar-refractivity contribution in [2.24, 2.45) is 0 Å². The molecule has 1 unspecified atom stereocenters. The van der Waals surface area contributed by atoms with E-state index in [-0.39, 0.29) is 0 Å². The number of hydrogen-bond donors (Lipinski definition) is 0. The molecule has 1 aliphatic heterocycles. The van der Waals surface area contributed by atoms with E-state index in [1.807, 2.05) is 0 Å². The predicted octanol–water partition coefficient (Wildman–Crippen LogP) is 2.98. The van der Waals surface area contributed by atoms with E-state index in [1.54, 1.807) is 0 Å². The Balaban J connectivity index is 1.42. The van der Waals surface area contributed by atoms with Crippen molar-refractivity contribution in [3.63, 3.8) is 0 Å². The van der Waals surface area contributed by atoms with Crippen LogP contribution in [0.4, 0.5) is 0 Å². The van der Waals surface area contributed by atoms with Crippen LogP contribution in [0.5, 0.6) is 0 Å². The van der Waals surface area contributed by atoms with Gasteiger partial charge in [0.15, 0.2) is 0 Å². The van der Waals surface area contributed by atoms with Gasteiger partial charge in [0.25, 0.3) is 0 Å². The molecule has 5 rings (SSSR count). The van der Waals surface area contributed by atoms with Crippen LogP contribution in [0.3, 0.4) is 0 Å². The summed E-state index contributed by atoms with van der Waals surface area (Å²) in [5.74, 6) is 3.14.